The summed E-state index contributed by atoms with van der Waals surface area (Å²) < 4.78 is 5.49. The highest BCUT2D eigenvalue weighted by atomic mass is 16.5. The van der Waals surface area contributed by atoms with Crippen molar-refractivity contribution in [3.05, 3.63) is 29.8 Å². The molecule has 1 aliphatic heterocycles. The van der Waals surface area contributed by atoms with Crippen LogP contribution in [0.25, 0.3) is 11.5 Å². The maximum absolute atomic E-state index is 12.5. The Kier molecular flexibility index (Phi) is 4.39. The normalized spacial score (nSPS) is 18.7. The third-order valence-electron chi connectivity index (χ3n) is 4.36. The first-order chi connectivity index (χ1) is 11.4. The van der Waals surface area contributed by atoms with Gasteiger partial charge < -0.3 is 9.42 Å². The number of aromatic nitrogens is 3. The summed E-state index contributed by atoms with van der Waals surface area (Å²) in [5.74, 6) is 1.38. The van der Waals surface area contributed by atoms with E-state index < -0.39 is 0 Å². The lowest BCUT2D eigenvalue weighted by Crippen LogP contribution is -2.44. The van der Waals surface area contributed by atoms with Crippen LogP contribution >= 0.6 is 0 Å². The maximum atomic E-state index is 12.5. The summed E-state index contributed by atoms with van der Waals surface area (Å²) in [6, 6.07) is 3.86. The van der Waals surface area contributed by atoms with Gasteiger partial charge in [-0.1, -0.05) is 32.0 Å². The number of rotatable bonds is 2. The van der Waals surface area contributed by atoms with E-state index in [4.69, 9.17) is 4.52 Å². The van der Waals surface area contributed by atoms with Crippen molar-refractivity contribution < 1.29 is 9.32 Å². The van der Waals surface area contributed by atoms with Crippen LogP contribution in [-0.4, -0.2) is 39.0 Å². The standard InChI is InChI=1S/C18H24N4O2/c1-12-7-5-9-19-14(12)15-20-16(24-21-15)13-8-6-10-22(11-13)17(23)18(2,3)4/h5,7,9,13H,6,8,10-11H2,1-4H3. The summed E-state index contributed by atoms with van der Waals surface area (Å²) in [7, 11) is 0. The molecule has 1 amide bonds. The molecule has 3 heterocycles. The SMILES string of the molecule is Cc1cccnc1-c1noc(C2CCCN(C(=O)C(C)(C)C)C2)n1. The largest absolute Gasteiger partial charge is 0.341 e. The topological polar surface area (TPSA) is 72.1 Å². The first-order valence-electron chi connectivity index (χ1n) is 8.41. The molecule has 2 aromatic rings. The number of carbonyl (C=O) groups is 1. The molecule has 0 radical (unpaired) electrons. The minimum atomic E-state index is -0.368. The number of likely N-dealkylation sites (tertiary alicyclic amines) is 1. The summed E-state index contributed by atoms with van der Waals surface area (Å²) in [6.07, 6.45) is 3.63. The van der Waals surface area contributed by atoms with Gasteiger partial charge in [0.05, 0.1) is 5.92 Å². The Labute approximate surface area is 142 Å². The first-order valence-corrected chi connectivity index (χ1v) is 8.41. The summed E-state index contributed by atoms with van der Waals surface area (Å²) in [5.41, 5.74) is 1.39. The van der Waals surface area contributed by atoms with Gasteiger partial charge in [-0.3, -0.25) is 9.78 Å². The zero-order chi connectivity index (χ0) is 17.3. The maximum Gasteiger partial charge on any atom is 0.231 e. The average Bonchev–Trinajstić information content (AvgIpc) is 3.03. The number of hydrogen-bond donors (Lipinski definition) is 0. The van der Waals surface area contributed by atoms with Crippen LogP contribution < -0.4 is 0 Å². The molecule has 1 unspecified atom stereocenters. The van der Waals surface area contributed by atoms with Crippen molar-refractivity contribution in [1.82, 2.24) is 20.0 Å². The second-order valence-electron chi connectivity index (χ2n) is 7.47. The molecule has 3 rings (SSSR count). The lowest BCUT2D eigenvalue weighted by molar-refractivity contribution is -0.140. The Morgan fingerprint density at radius 2 is 2.17 bits per heavy atom. The molecule has 6 heteroatoms. The van der Waals surface area contributed by atoms with Crippen LogP contribution in [0.2, 0.25) is 0 Å². The van der Waals surface area contributed by atoms with E-state index in [0.29, 0.717) is 18.3 Å². The Bertz CT molecular complexity index is 733. The molecule has 24 heavy (non-hydrogen) atoms. The van der Waals surface area contributed by atoms with Crippen LogP contribution in [0.4, 0.5) is 0 Å². The van der Waals surface area contributed by atoms with Crippen molar-refractivity contribution in [2.24, 2.45) is 5.41 Å². The van der Waals surface area contributed by atoms with Crippen LogP contribution in [-0.2, 0) is 4.79 Å². The van der Waals surface area contributed by atoms with Gasteiger partial charge in [-0.05, 0) is 31.4 Å². The minimum Gasteiger partial charge on any atom is -0.341 e. The molecule has 0 aliphatic carbocycles. The predicted octanol–water partition coefficient (Wildman–Crippen LogP) is 3.19. The van der Waals surface area contributed by atoms with E-state index in [0.717, 1.165) is 30.6 Å². The molecular formula is C18H24N4O2. The number of amides is 1. The Morgan fingerprint density at radius 1 is 1.38 bits per heavy atom. The smallest absolute Gasteiger partial charge is 0.231 e. The van der Waals surface area contributed by atoms with Crippen LogP contribution in [0.3, 0.4) is 0 Å². The monoisotopic (exact) mass is 328 g/mol. The van der Waals surface area contributed by atoms with Gasteiger partial charge >= 0.3 is 0 Å². The summed E-state index contributed by atoms with van der Waals surface area (Å²) in [5, 5.41) is 4.09. The predicted molar refractivity (Wildman–Crippen MR) is 90.3 cm³/mol. The number of hydrogen-bond acceptors (Lipinski definition) is 5. The molecule has 1 atom stereocenters. The Hall–Kier alpha value is -2.24. The van der Waals surface area contributed by atoms with E-state index in [1.807, 2.05) is 44.7 Å². The fourth-order valence-electron chi connectivity index (χ4n) is 3.05. The molecule has 1 fully saturated rings. The summed E-state index contributed by atoms with van der Waals surface area (Å²) >= 11 is 0. The number of carbonyl (C=O) groups excluding carboxylic acids is 1. The summed E-state index contributed by atoms with van der Waals surface area (Å²) in [4.78, 5) is 23.3. The summed E-state index contributed by atoms with van der Waals surface area (Å²) in [6.45, 7) is 9.27. The zero-order valence-corrected chi connectivity index (χ0v) is 14.7. The fraction of sp³-hybridized carbons (Fsp3) is 0.556. The first kappa shape index (κ1) is 16.6. The van der Waals surface area contributed by atoms with Crippen LogP contribution in [0.15, 0.2) is 22.9 Å². The van der Waals surface area contributed by atoms with Crippen LogP contribution in [0.5, 0.6) is 0 Å². The third kappa shape index (κ3) is 3.32. The molecule has 1 aliphatic rings. The van der Waals surface area contributed by atoms with E-state index in [9.17, 15) is 4.79 Å². The molecule has 2 aromatic heterocycles. The van der Waals surface area contributed by atoms with Crippen molar-refractivity contribution in [1.29, 1.82) is 0 Å². The molecule has 0 spiro atoms. The van der Waals surface area contributed by atoms with E-state index >= 15 is 0 Å². The molecule has 0 N–H and O–H groups in total. The Morgan fingerprint density at radius 3 is 2.88 bits per heavy atom. The van der Waals surface area contributed by atoms with Gasteiger partial charge in [0.15, 0.2) is 0 Å². The van der Waals surface area contributed by atoms with E-state index in [1.54, 1.807) is 6.20 Å². The second kappa shape index (κ2) is 6.34. The van der Waals surface area contributed by atoms with Gasteiger partial charge in [0.25, 0.3) is 0 Å². The molecule has 0 saturated carbocycles. The number of pyridine rings is 1. The van der Waals surface area contributed by atoms with Gasteiger partial charge in [-0.2, -0.15) is 4.98 Å². The fourth-order valence-corrected chi connectivity index (χ4v) is 3.05. The zero-order valence-electron chi connectivity index (χ0n) is 14.7. The highest BCUT2D eigenvalue weighted by Crippen LogP contribution is 2.30. The highest BCUT2D eigenvalue weighted by Gasteiger charge is 2.33. The van der Waals surface area contributed by atoms with Gasteiger partial charge in [0, 0.05) is 24.7 Å². The quantitative estimate of drug-likeness (QED) is 0.846. The van der Waals surface area contributed by atoms with Crippen molar-refractivity contribution in [2.45, 2.75) is 46.5 Å². The van der Waals surface area contributed by atoms with Gasteiger partial charge in [0.2, 0.25) is 17.6 Å². The van der Waals surface area contributed by atoms with Gasteiger partial charge in [-0.15, -0.1) is 0 Å². The van der Waals surface area contributed by atoms with E-state index in [-0.39, 0.29) is 17.2 Å². The lowest BCUT2D eigenvalue weighted by atomic mass is 9.91. The molecule has 0 bridgehead atoms. The number of aryl methyl sites for hydroxylation is 1. The molecule has 6 nitrogen and oxygen atoms in total. The van der Waals surface area contributed by atoms with Crippen molar-refractivity contribution >= 4 is 5.91 Å². The lowest BCUT2D eigenvalue weighted by Gasteiger charge is -2.35. The van der Waals surface area contributed by atoms with E-state index in [2.05, 4.69) is 15.1 Å². The third-order valence-corrected chi connectivity index (χ3v) is 4.36. The van der Waals surface area contributed by atoms with Crippen molar-refractivity contribution in [2.75, 3.05) is 13.1 Å². The van der Waals surface area contributed by atoms with Gasteiger partial charge in [0.1, 0.15) is 5.69 Å². The minimum absolute atomic E-state index is 0.0929. The van der Waals surface area contributed by atoms with Crippen LogP contribution in [0.1, 0.15) is 51.0 Å². The molecule has 128 valence electrons. The van der Waals surface area contributed by atoms with Crippen molar-refractivity contribution in [3.63, 3.8) is 0 Å². The van der Waals surface area contributed by atoms with Crippen molar-refractivity contribution in [3.8, 4) is 11.5 Å². The average molecular weight is 328 g/mol. The van der Waals surface area contributed by atoms with E-state index in [1.165, 1.54) is 0 Å². The van der Waals surface area contributed by atoms with Gasteiger partial charge in [-0.25, -0.2) is 0 Å². The highest BCUT2D eigenvalue weighted by molar-refractivity contribution is 5.81. The number of piperidine rings is 1. The number of nitrogens with zero attached hydrogens (tertiary/aromatic N) is 4. The molecular weight excluding hydrogens is 304 g/mol. The Balaban J connectivity index is 1.78. The molecule has 0 aromatic carbocycles. The van der Waals surface area contributed by atoms with Crippen LogP contribution in [0, 0.1) is 12.3 Å². The second-order valence-corrected chi connectivity index (χ2v) is 7.47. The molecule has 1 saturated heterocycles.